The lowest BCUT2D eigenvalue weighted by Gasteiger charge is -2.32. The molecule has 4 rings (SSSR count). The summed E-state index contributed by atoms with van der Waals surface area (Å²) in [5, 5.41) is 2.79. The van der Waals surface area contributed by atoms with E-state index >= 15 is 0 Å². The Hall–Kier alpha value is -3.39. The predicted molar refractivity (Wildman–Crippen MR) is 110 cm³/mol. The molecule has 1 unspecified atom stereocenters. The second-order valence-electron chi connectivity index (χ2n) is 7.42. The van der Waals surface area contributed by atoms with E-state index in [1.807, 2.05) is 12.1 Å². The molecule has 31 heavy (non-hydrogen) atoms. The van der Waals surface area contributed by atoms with Gasteiger partial charge in [-0.05, 0) is 30.7 Å². The minimum absolute atomic E-state index is 0.0909. The van der Waals surface area contributed by atoms with E-state index in [0.717, 1.165) is 6.42 Å². The Balaban J connectivity index is 1.44. The number of benzene rings is 2. The van der Waals surface area contributed by atoms with Gasteiger partial charge in [-0.15, -0.1) is 0 Å². The van der Waals surface area contributed by atoms with Crippen molar-refractivity contribution in [3.8, 4) is 0 Å². The number of nitrogens with zero attached hydrogens (tertiary/aromatic N) is 1. The zero-order valence-corrected chi connectivity index (χ0v) is 16.9. The molecule has 8 nitrogen and oxygen atoms in total. The molecule has 8 heteroatoms. The first-order chi connectivity index (χ1) is 15.1. The van der Waals surface area contributed by atoms with Crippen LogP contribution >= 0.6 is 0 Å². The van der Waals surface area contributed by atoms with E-state index in [1.54, 1.807) is 53.4 Å². The van der Waals surface area contributed by atoms with Crippen molar-refractivity contribution in [2.24, 2.45) is 0 Å². The molecule has 2 aromatic carbocycles. The lowest BCUT2D eigenvalue weighted by atomic mass is 10.1. The van der Waals surface area contributed by atoms with E-state index in [1.165, 1.54) is 0 Å². The zero-order valence-electron chi connectivity index (χ0n) is 16.9. The third-order valence-corrected chi connectivity index (χ3v) is 5.30. The van der Waals surface area contributed by atoms with Crippen LogP contribution in [-0.2, 0) is 14.2 Å². The summed E-state index contributed by atoms with van der Waals surface area (Å²) in [6, 6.07) is 17.1. The lowest BCUT2D eigenvalue weighted by molar-refractivity contribution is -0.0735. The van der Waals surface area contributed by atoms with Crippen molar-refractivity contribution in [1.29, 1.82) is 0 Å². The van der Waals surface area contributed by atoms with Crippen LogP contribution in [0, 0.1) is 0 Å². The third-order valence-electron chi connectivity index (χ3n) is 5.30. The van der Waals surface area contributed by atoms with E-state index in [2.05, 4.69) is 5.32 Å². The van der Waals surface area contributed by atoms with E-state index in [9.17, 15) is 14.4 Å². The summed E-state index contributed by atoms with van der Waals surface area (Å²) < 4.78 is 17.1. The van der Waals surface area contributed by atoms with E-state index in [4.69, 9.17) is 14.2 Å². The van der Waals surface area contributed by atoms with Crippen LogP contribution in [0.1, 0.15) is 33.6 Å². The van der Waals surface area contributed by atoms with Gasteiger partial charge in [0.1, 0.15) is 25.0 Å². The quantitative estimate of drug-likeness (QED) is 0.717. The van der Waals surface area contributed by atoms with Gasteiger partial charge in [0.05, 0.1) is 11.1 Å². The molecule has 2 amide bonds. The van der Waals surface area contributed by atoms with Crippen LogP contribution in [0.3, 0.4) is 0 Å². The van der Waals surface area contributed by atoms with Crippen LogP contribution in [0.25, 0.3) is 0 Å². The fourth-order valence-corrected chi connectivity index (χ4v) is 3.68. The maximum atomic E-state index is 12.6. The van der Waals surface area contributed by atoms with Crippen molar-refractivity contribution in [1.82, 2.24) is 10.2 Å². The van der Waals surface area contributed by atoms with Crippen LogP contribution in [0.15, 0.2) is 60.7 Å². The zero-order chi connectivity index (χ0) is 21.6. The number of nitrogens with one attached hydrogen (secondary N) is 1. The second-order valence-corrected chi connectivity index (χ2v) is 7.42. The van der Waals surface area contributed by atoms with Crippen molar-refractivity contribution in [2.45, 2.75) is 31.3 Å². The lowest BCUT2D eigenvalue weighted by Crippen LogP contribution is -2.51. The largest absolute Gasteiger partial charge is 0.459 e. The Morgan fingerprint density at radius 2 is 1.65 bits per heavy atom. The van der Waals surface area contributed by atoms with E-state index in [-0.39, 0.29) is 12.6 Å². The maximum Gasteiger partial charge on any atom is 0.338 e. The molecule has 0 radical (unpaired) electrons. The van der Waals surface area contributed by atoms with Gasteiger partial charge < -0.3 is 19.5 Å². The minimum atomic E-state index is -0.681. The first-order valence-corrected chi connectivity index (χ1v) is 10.3. The van der Waals surface area contributed by atoms with Gasteiger partial charge in [-0.1, -0.05) is 36.4 Å². The number of hydrogen-bond acceptors (Lipinski definition) is 6. The Morgan fingerprint density at radius 3 is 2.29 bits per heavy atom. The number of amides is 2. The van der Waals surface area contributed by atoms with Crippen LogP contribution < -0.4 is 5.32 Å². The molecule has 0 saturated carbocycles. The highest BCUT2D eigenvalue weighted by Gasteiger charge is 2.43. The minimum Gasteiger partial charge on any atom is -0.459 e. The van der Waals surface area contributed by atoms with Crippen LogP contribution in [0.4, 0.5) is 4.79 Å². The second kappa shape index (κ2) is 9.61. The predicted octanol–water partition coefficient (Wildman–Crippen LogP) is 2.60. The molecule has 0 aromatic heterocycles. The summed E-state index contributed by atoms with van der Waals surface area (Å²) in [4.78, 5) is 38.7. The maximum absolute atomic E-state index is 12.6. The molecule has 1 N–H and O–H groups in total. The van der Waals surface area contributed by atoms with Gasteiger partial charge in [0.15, 0.2) is 0 Å². The summed E-state index contributed by atoms with van der Waals surface area (Å²) in [6.07, 6.45) is -0.793. The topological polar surface area (TPSA) is 94.2 Å². The summed E-state index contributed by atoms with van der Waals surface area (Å²) >= 11 is 0. The standard InChI is InChI=1S/C23H24N2O6/c26-21(16-8-3-1-4-9-16)29-15-19-18(31-22(27)17-10-5-2-6-11-17)14-20(30-19)25-13-7-12-24-23(25)28/h1-6,8-11,18-20H,7,12-15H2,(H,24,28)/t18?,19-,20-/m1/s1. The summed E-state index contributed by atoms with van der Waals surface area (Å²) in [7, 11) is 0. The number of carbonyl (C=O) groups is 3. The van der Waals surface area contributed by atoms with Crippen molar-refractivity contribution in [3.05, 3.63) is 71.8 Å². The van der Waals surface area contributed by atoms with Gasteiger partial charge in [-0.3, -0.25) is 4.90 Å². The molecule has 162 valence electrons. The molecule has 0 aliphatic carbocycles. The number of ether oxygens (including phenoxy) is 3. The molecule has 2 aromatic rings. The first-order valence-electron chi connectivity index (χ1n) is 10.3. The van der Waals surface area contributed by atoms with Gasteiger partial charge in [0.25, 0.3) is 0 Å². The molecule has 2 saturated heterocycles. The molecular formula is C23H24N2O6. The smallest absolute Gasteiger partial charge is 0.338 e. The van der Waals surface area contributed by atoms with Crippen molar-refractivity contribution in [2.75, 3.05) is 19.7 Å². The Labute approximate surface area is 180 Å². The molecule has 0 bridgehead atoms. The van der Waals surface area contributed by atoms with Crippen molar-refractivity contribution < 1.29 is 28.6 Å². The number of carbonyl (C=O) groups excluding carboxylic acids is 3. The molecule has 0 spiro atoms. The van der Waals surface area contributed by atoms with Crippen molar-refractivity contribution >= 4 is 18.0 Å². The average Bonchev–Trinajstić information content (AvgIpc) is 3.21. The number of rotatable bonds is 6. The van der Waals surface area contributed by atoms with Crippen molar-refractivity contribution in [3.63, 3.8) is 0 Å². The monoisotopic (exact) mass is 424 g/mol. The molecule has 2 aliphatic rings. The normalized spacial score (nSPS) is 23.2. The number of urea groups is 1. The Kier molecular flexibility index (Phi) is 6.47. The van der Waals surface area contributed by atoms with Gasteiger partial charge in [-0.25, -0.2) is 14.4 Å². The Morgan fingerprint density at radius 1 is 1.00 bits per heavy atom. The molecule has 3 atom stereocenters. The van der Waals surface area contributed by atoms with Crippen LogP contribution in [0.5, 0.6) is 0 Å². The van der Waals surface area contributed by atoms with Gasteiger partial charge in [0.2, 0.25) is 0 Å². The van der Waals surface area contributed by atoms with Crippen LogP contribution in [0.2, 0.25) is 0 Å². The number of esters is 2. The molecular weight excluding hydrogens is 400 g/mol. The molecule has 2 heterocycles. The highest BCUT2D eigenvalue weighted by molar-refractivity contribution is 5.90. The summed E-state index contributed by atoms with van der Waals surface area (Å²) in [5.74, 6) is -0.978. The van der Waals surface area contributed by atoms with Crippen LogP contribution in [-0.4, -0.2) is 61.0 Å². The number of hydrogen-bond donors (Lipinski definition) is 1. The van der Waals surface area contributed by atoms with E-state index < -0.39 is 30.4 Å². The fraction of sp³-hybridized carbons (Fsp3) is 0.348. The highest BCUT2D eigenvalue weighted by atomic mass is 16.6. The molecule has 2 aliphatic heterocycles. The Bertz CT molecular complexity index is 920. The molecule has 2 fully saturated rings. The van der Waals surface area contributed by atoms with Gasteiger partial charge in [-0.2, -0.15) is 0 Å². The van der Waals surface area contributed by atoms with E-state index in [0.29, 0.717) is 30.6 Å². The highest BCUT2D eigenvalue weighted by Crippen LogP contribution is 2.28. The summed E-state index contributed by atoms with van der Waals surface area (Å²) in [6.45, 7) is 1.07. The van der Waals surface area contributed by atoms with Gasteiger partial charge in [0, 0.05) is 19.5 Å². The SMILES string of the molecule is O=C(OC[C@H]1O[C@@H](N2CCCNC2=O)CC1OC(=O)c1ccccc1)c1ccccc1. The first kappa shape index (κ1) is 20.9. The summed E-state index contributed by atoms with van der Waals surface area (Å²) in [5.41, 5.74) is 0.840. The average molecular weight is 424 g/mol. The van der Waals surface area contributed by atoms with Gasteiger partial charge >= 0.3 is 18.0 Å². The third kappa shape index (κ3) is 5.03. The fourth-order valence-electron chi connectivity index (χ4n) is 3.68.